The van der Waals surface area contributed by atoms with Gasteiger partial charge in [0, 0.05) is 4.47 Å². The van der Waals surface area contributed by atoms with E-state index in [-0.39, 0.29) is 0 Å². The molecule has 1 aliphatic rings. The molecule has 0 atom stereocenters. The lowest BCUT2D eigenvalue weighted by Gasteiger charge is -2.13. The standard InChI is InChI=1S/C18H17Br/c1-11-5-4-6-15(13(11)3)14-9-17-12(2)7-8-16(17)18(19)10-14/h4-7,9-10H,8H2,1-3H3. The van der Waals surface area contributed by atoms with Crippen LogP contribution in [-0.4, -0.2) is 0 Å². The molecule has 2 aromatic carbocycles. The highest BCUT2D eigenvalue weighted by Gasteiger charge is 2.16. The molecule has 0 saturated heterocycles. The van der Waals surface area contributed by atoms with Crippen molar-refractivity contribution in [3.63, 3.8) is 0 Å². The number of fused-ring (bicyclic) bond motifs is 1. The van der Waals surface area contributed by atoms with Crippen molar-refractivity contribution in [2.24, 2.45) is 0 Å². The Bertz CT molecular complexity index is 693. The Morgan fingerprint density at radius 1 is 1.00 bits per heavy atom. The smallest absolute Gasteiger partial charge is 0.0222 e. The van der Waals surface area contributed by atoms with Gasteiger partial charge in [-0.25, -0.2) is 0 Å². The predicted octanol–water partition coefficient (Wildman–Crippen LogP) is 5.69. The Balaban J connectivity index is 2.22. The average Bonchev–Trinajstić information content (AvgIpc) is 2.75. The highest BCUT2D eigenvalue weighted by Crippen LogP contribution is 2.37. The molecule has 0 N–H and O–H groups in total. The third-order valence-corrected chi connectivity index (χ3v) is 4.86. The topological polar surface area (TPSA) is 0 Å². The van der Waals surface area contributed by atoms with Crippen LogP contribution in [0.15, 0.2) is 40.9 Å². The number of allylic oxidation sites excluding steroid dienone is 2. The van der Waals surface area contributed by atoms with Gasteiger partial charge in [0.25, 0.3) is 0 Å². The Hall–Kier alpha value is -1.34. The molecule has 0 spiro atoms. The van der Waals surface area contributed by atoms with E-state index in [2.05, 4.69) is 73.1 Å². The molecule has 0 saturated carbocycles. The number of rotatable bonds is 1. The van der Waals surface area contributed by atoms with Gasteiger partial charge in [0.15, 0.2) is 0 Å². The van der Waals surface area contributed by atoms with Gasteiger partial charge >= 0.3 is 0 Å². The van der Waals surface area contributed by atoms with Crippen LogP contribution in [0.25, 0.3) is 16.7 Å². The van der Waals surface area contributed by atoms with E-state index >= 15 is 0 Å². The molecule has 0 bridgehead atoms. The van der Waals surface area contributed by atoms with E-state index in [4.69, 9.17) is 0 Å². The first-order valence-electron chi connectivity index (χ1n) is 6.64. The molecule has 1 aliphatic carbocycles. The number of halogens is 1. The lowest BCUT2D eigenvalue weighted by Crippen LogP contribution is -1.91. The molecule has 0 radical (unpaired) electrons. The molecule has 0 nitrogen and oxygen atoms in total. The van der Waals surface area contributed by atoms with Crippen LogP contribution in [0.4, 0.5) is 0 Å². The summed E-state index contributed by atoms with van der Waals surface area (Å²) in [5.74, 6) is 0. The quantitative estimate of drug-likeness (QED) is 0.634. The first kappa shape index (κ1) is 12.7. The molecular weight excluding hydrogens is 296 g/mol. The Labute approximate surface area is 123 Å². The zero-order valence-corrected chi connectivity index (χ0v) is 13.1. The normalized spacial score (nSPS) is 13.4. The van der Waals surface area contributed by atoms with Gasteiger partial charge in [-0.15, -0.1) is 0 Å². The molecule has 1 heteroatoms. The van der Waals surface area contributed by atoms with Gasteiger partial charge in [0.1, 0.15) is 0 Å². The summed E-state index contributed by atoms with van der Waals surface area (Å²) in [5.41, 5.74) is 9.57. The summed E-state index contributed by atoms with van der Waals surface area (Å²) in [4.78, 5) is 0. The van der Waals surface area contributed by atoms with Crippen molar-refractivity contribution in [3.8, 4) is 11.1 Å². The van der Waals surface area contributed by atoms with Crippen LogP contribution in [0.1, 0.15) is 29.2 Å². The fourth-order valence-corrected chi connectivity index (χ4v) is 3.40. The third-order valence-electron chi connectivity index (χ3n) is 4.15. The second-order valence-corrected chi connectivity index (χ2v) is 6.18. The van der Waals surface area contributed by atoms with Crippen LogP contribution in [0.3, 0.4) is 0 Å². The molecule has 3 rings (SSSR count). The Morgan fingerprint density at radius 2 is 1.79 bits per heavy atom. The summed E-state index contributed by atoms with van der Waals surface area (Å²) in [6.45, 7) is 6.58. The summed E-state index contributed by atoms with van der Waals surface area (Å²) in [6, 6.07) is 11.1. The van der Waals surface area contributed by atoms with Gasteiger partial charge in [0.2, 0.25) is 0 Å². The zero-order valence-electron chi connectivity index (χ0n) is 11.5. The first-order valence-corrected chi connectivity index (χ1v) is 7.43. The lowest BCUT2D eigenvalue weighted by molar-refractivity contribution is 1.28. The van der Waals surface area contributed by atoms with Crippen LogP contribution >= 0.6 is 15.9 Å². The number of hydrogen-bond acceptors (Lipinski definition) is 0. The van der Waals surface area contributed by atoms with E-state index in [1.54, 1.807) is 0 Å². The van der Waals surface area contributed by atoms with Gasteiger partial charge in [-0.2, -0.15) is 0 Å². The molecular formula is C18H17Br. The van der Waals surface area contributed by atoms with Crippen LogP contribution in [0.5, 0.6) is 0 Å². The minimum Gasteiger partial charge on any atom is -0.0765 e. The van der Waals surface area contributed by atoms with Gasteiger partial charge in [-0.3, -0.25) is 0 Å². The fraction of sp³-hybridized carbons (Fsp3) is 0.222. The van der Waals surface area contributed by atoms with Crippen LogP contribution in [0.2, 0.25) is 0 Å². The molecule has 0 aromatic heterocycles. The maximum Gasteiger partial charge on any atom is 0.0222 e. The number of benzene rings is 2. The molecule has 0 aliphatic heterocycles. The Morgan fingerprint density at radius 3 is 2.58 bits per heavy atom. The summed E-state index contributed by atoms with van der Waals surface area (Å²) in [7, 11) is 0. The third kappa shape index (κ3) is 2.06. The average molecular weight is 313 g/mol. The SMILES string of the molecule is CC1=CCc2c(Br)cc(-c3cccc(C)c3C)cc21. The minimum absolute atomic E-state index is 1.05. The van der Waals surface area contributed by atoms with Gasteiger partial charge in [-0.1, -0.05) is 40.2 Å². The van der Waals surface area contributed by atoms with E-state index in [0.717, 1.165) is 6.42 Å². The van der Waals surface area contributed by atoms with Crippen molar-refractivity contribution >= 4 is 21.5 Å². The molecule has 0 heterocycles. The number of aryl methyl sites for hydroxylation is 1. The van der Waals surface area contributed by atoms with E-state index < -0.39 is 0 Å². The van der Waals surface area contributed by atoms with Gasteiger partial charge < -0.3 is 0 Å². The van der Waals surface area contributed by atoms with Crippen molar-refractivity contribution in [3.05, 3.63) is 63.1 Å². The van der Waals surface area contributed by atoms with E-state index in [0.29, 0.717) is 0 Å². The predicted molar refractivity (Wildman–Crippen MR) is 86.4 cm³/mol. The van der Waals surface area contributed by atoms with Crippen LogP contribution in [0, 0.1) is 13.8 Å². The Kier molecular flexibility index (Phi) is 3.10. The van der Waals surface area contributed by atoms with Crippen molar-refractivity contribution in [2.75, 3.05) is 0 Å². The second-order valence-electron chi connectivity index (χ2n) is 5.32. The summed E-state index contributed by atoms with van der Waals surface area (Å²) in [6.07, 6.45) is 3.36. The first-order chi connectivity index (χ1) is 9.08. The highest BCUT2D eigenvalue weighted by molar-refractivity contribution is 9.10. The second kappa shape index (κ2) is 4.64. The van der Waals surface area contributed by atoms with E-state index in [1.165, 1.54) is 43.4 Å². The monoisotopic (exact) mass is 312 g/mol. The molecule has 2 aromatic rings. The largest absolute Gasteiger partial charge is 0.0765 e. The molecule has 19 heavy (non-hydrogen) atoms. The minimum atomic E-state index is 1.05. The summed E-state index contributed by atoms with van der Waals surface area (Å²) < 4.78 is 1.23. The zero-order chi connectivity index (χ0) is 13.6. The van der Waals surface area contributed by atoms with Crippen LogP contribution in [-0.2, 0) is 6.42 Å². The maximum atomic E-state index is 3.73. The lowest BCUT2D eigenvalue weighted by atomic mass is 9.94. The van der Waals surface area contributed by atoms with Crippen molar-refractivity contribution < 1.29 is 0 Å². The van der Waals surface area contributed by atoms with Gasteiger partial charge in [-0.05, 0) is 78.3 Å². The molecule has 0 amide bonds. The molecule has 0 unspecified atom stereocenters. The van der Waals surface area contributed by atoms with Crippen LogP contribution < -0.4 is 0 Å². The highest BCUT2D eigenvalue weighted by atomic mass is 79.9. The molecule has 96 valence electrons. The summed E-state index contributed by atoms with van der Waals surface area (Å²) in [5, 5.41) is 0. The fourth-order valence-electron chi connectivity index (χ4n) is 2.78. The molecule has 0 fully saturated rings. The maximum absolute atomic E-state index is 3.73. The number of hydrogen-bond donors (Lipinski definition) is 0. The van der Waals surface area contributed by atoms with Crippen molar-refractivity contribution in [1.29, 1.82) is 0 Å². The van der Waals surface area contributed by atoms with Gasteiger partial charge in [0.05, 0.1) is 0 Å². The van der Waals surface area contributed by atoms with Crippen molar-refractivity contribution in [1.82, 2.24) is 0 Å². The van der Waals surface area contributed by atoms with Crippen molar-refractivity contribution in [2.45, 2.75) is 27.2 Å². The van der Waals surface area contributed by atoms with E-state index in [1.807, 2.05) is 0 Å². The van der Waals surface area contributed by atoms with E-state index in [9.17, 15) is 0 Å². The summed E-state index contributed by atoms with van der Waals surface area (Å²) >= 11 is 3.73.